The van der Waals surface area contributed by atoms with Crippen LogP contribution in [-0.4, -0.2) is 52.8 Å². The van der Waals surface area contributed by atoms with Crippen LogP contribution in [0.3, 0.4) is 0 Å². The highest BCUT2D eigenvalue weighted by atomic mass is 16.3. The number of hydrogen-bond acceptors (Lipinski definition) is 4. The van der Waals surface area contributed by atoms with E-state index >= 15 is 0 Å². The van der Waals surface area contributed by atoms with Gasteiger partial charge in [0.1, 0.15) is 0 Å². The number of aliphatic hydroxyl groups is 1. The second-order valence-electron chi connectivity index (χ2n) is 7.89. The van der Waals surface area contributed by atoms with E-state index in [1.807, 2.05) is 54.6 Å². The summed E-state index contributed by atoms with van der Waals surface area (Å²) in [5.41, 5.74) is 3.03. The van der Waals surface area contributed by atoms with E-state index in [0.717, 1.165) is 30.6 Å². The molecule has 0 bridgehead atoms. The van der Waals surface area contributed by atoms with Gasteiger partial charge in [-0.05, 0) is 42.3 Å². The third-order valence-electron chi connectivity index (χ3n) is 6.05. The Balaban J connectivity index is 1.95. The van der Waals surface area contributed by atoms with E-state index in [1.165, 1.54) is 11.6 Å². The molecule has 0 saturated heterocycles. The first kappa shape index (κ1) is 23.5. The van der Waals surface area contributed by atoms with Gasteiger partial charge in [0.15, 0.2) is 11.5 Å². The van der Waals surface area contributed by atoms with Gasteiger partial charge in [0.05, 0.1) is 11.6 Å². The van der Waals surface area contributed by atoms with Crippen molar-refractivity contribution >= 4 is 17.8 Å². The Labute approximate surface area is 190 Å². The number of aliphatic hydroxyl groups excluding tert-OH is 1. The SMILES string of the molecule is CCc1ccc(C2C(C(=O)/C=C/c3ccccc3)=C(O)C(=O)N2CCN(CC)CC)cc1. The predicted molar refractivity (Wildman–Crippen MR) is 128 cm³/mol. The maximum Gasteiger partial charge on any atom is 0.290 e. The highest BCUT2D eigenvalue weighted by Crippen LogP contribution is 2.38. The average Bonchev–Trinajstić information content (AvgIpc) is 3.09. The van der Waals surface area contributed by atoms with E-state index in [1.54, 1.807) is 11.0 Å². The Kier molecular flexibility index (Phi) is 8.01. The summed E-state index contributed by atoms with van der Waals surface area (Å²) < 4.78 is 0. The van der Waals surface area contributed by atoms with E-state index in [0.29, 0.717) is 13.1 Å². The van der Waals surface area contributed by atoms with Crippen LogP contribution in [0.15, 0.2) is 72.0 Å². The van der Waals surface area contributed by atoms with Gasteiger partial charge in [0.2, 0.25) is 0 Å². The fourth-order valence-corrected chi connectivity index (χ4v) is 4.03. The summed E-state index contributed by atoms with van der Waals surface area (Å²) in [5.74, 6) is -1.29. The second kappa shape index (κ2) is 10.9. The topological polar surface area (TPSA) is 60.9 Å². The lowest BCUT2D eigenvalue weighted by atomic mass is 9.94. The molecule has 1 heterocycles. The predicted octanol–water partition coefficient (Wildman–Crippen LogP) is 4.57. The van der Waals surface area contributed by atoms with Gasteiger partial charge in [0.25, 0.3) is 5.91 Å². The number of hydrogen-bond donors (Lipinski definition) is 1. The molecule has 1 aliphatic rings. The van der Waals surface area contributed by atoms with Gasteiger partial charge in [-0.15, -0.1) is 0 Å². The Bertz CT molecular complexity index is 989. The molecule has 1 atom stereocenters. The molecule has 0 fully saturated rings. The molecule has 2 aromatic carbocycles. The van der Waals surface area contributed by atoms with Gasteiger partial charge in [0, 0.05) is 13.1 Å². The Morgan fingerprint density at radius 1 is 1.03 bits per heavy atom. The normalized spacial score (nSPS) is 16.6. The third-order valence-corrected chi connectivity index (χ3v) is 6.05. The van der Waals surface area contributed by atoms with Crippen LogP contribution in [0.25, 0.3) is 6.08 Å². The van der Waals surface area contributed by atoms with Crippen molar-refractivity contribution in [3.8, 4) is 0 Å². The number of benzene rings is 2. The number of carbonyl (C=O) groups is 2. The van der Waals surface area contributed by atoms with Crippen molar-refractivity contribution in [2.45, 2.75) is 33.2 Å². The zero-order valence-corrected chi connectivity index (χ0v) is 19.1. The molecule has 168 valence electrons. The molecule has 3 rings (SSSR count). The minimum Gasteiger partial charge on any atom is -0.503 e. The van der Waals surface area contributed by atoms with Gasteiger partial charge in [-0.3, -0.25) is 9.59 Å². The highest BCUT2D eigenvalue weighted by molar-refractivity contribution is 6.14. The average molecular weight is 433 g/mol. The van der Waals surface area contributed by atoms with Crippen LogP contribution >= 0.6 is 0 Å². The molecule has 0 aliphatic carbocycles. The number of aryl methyl sites for hydroxylation is 1. The number of allylic oxidation sites excluding steroid dienone is 1. The number of nitrogens with zero attached hydrogens (tertiary/aromatic N) is 2. The Hall–Kier alpha value is -3.18. The molecule has 1 N–H and O–H groups in total. The van der Waals surface area contributed by atoms with Gasteiger partial charge in [-0.2, -0.15) is 0 Å². The molecule has 0 radical (unpaired) electrons. The summed E-state index contributed by atoms with van der Waals surface area (Å²) in [6.45, 7) is 9.10. The van der Waals surface area contributed by atoms with Crippen molar-refractivity contribution < 1.29 is 14.7 Å². The van der Waals surface area contributed by atoms with Crippen molar-refractivity contribution in [3.05, 3.63) is 88.7 Å². The van der Waals surface area contributed by atoms with Crippen LogP contribution in [0.4, 0.5) is 0 Å². The van der Waals surface area contributed by atoms with E-state index in [2.05, 4.69) is 25.7 Å². The maximum absolute atomic E-state index is 13.2. The zero-order chi connectivity index (χ0) is 23.1. The Morgan fingerprint density at radius 2 is 1.69 bits per heavy atom. The van der Waals surface area contributed by atoms with Crippen molar-refractivity contribution in [2.24, 2.45) is 0 Å². The molecule has 32 heavy (non-hydrogen) atoms. The first-order chi connectivity index (χ1) is 15.5. The van der Waals surface area contributed by atoms with Gasteiger partial charge < -0.3 is 14.9 Å². The van der Waals surface area contributed by atoms with Crippen LogP contribution < -0.4 is 0 Å². The van der Waals surface area contributed by atoms with E-state index < -0.39 is 17.7 Å². The molecule has 5 nitrogen and oxygen atoms in total. The third kappa shape index (κ3) is 5.17. The zero-order valence-electron chi connectivity index (χ0n) is 19.1. The van der Waals surface area contributed by atoms with Crippen molar-refractivity contribution in [1.82, 2.24) is 9.80 Å². The van der Waals surface area contributed by atoms with Gasteiger partial charge >= 0.3 is 0 Å². The minimum absolute atomic E-state index is 0.144. The first-order valence-corrected chi connectivity index (χ1v) is 11.3. The summed E-state index contributed by atoms with van der Waals surface area (Å²) in [6.07, 6.45) is 4.06. The lowest BCUT2D eigenvalue weighted by Crippen LogP contribution is -2.38. The fourth-order valence-electron chi connectivity index (χ4n) is 4.03. The molecule has 0 spiro atoms. The number of likely N-dealkylation sites (N-methyl/N-ethyl adjacent to an activating group) is 1. The largest absolute Gasteiger partial charge is 0.503 e. The van der Waals surface area contributed by atoms with Crippen LogP contribution in [0.5, 0.6) is 0 Å². The standard InChI is InChI=1S/C27H32N2O3/c1-4-20-12-15-22(16-13-20)25-24(23(30)17-14-21-10-8-7-9-11-21)26(31)27(32)29(25)19-18-28(5-2)6-3/h7-17,25,31H,4-6,18-19H2,1-3H3/b17-14+. The second-order valence-corrected chi connectivity index (χ2v) is 7.89. The molecule has 1 amide bonds. The molecule has 0 saturated carbocycles. The van der Waals surface area contributed by atoms with Gasteiger partial charge in [-0.1, -0.05) is 81.4 Å². The quantitative estimate of drug-likeness (QED) is 0.559. The number of amides is 1. The van der Waals surface area contributed by atoms with Crippen LogP contribution in [-0.2, 0) is 16.0 Å². The smallest absolute Gasteiger partial charge is 0.290 e. The van der Waals surface area contributed by atoms with E-state index in [-0.39, 0.29) is 11.4 Å². The Morgan fingerprint density at radius 3 is 2.28 bits per heavy atom. The molecule has 1 aliphatic heterocycles. The fraction of sp³-hybridized carbons (Fsp3) is 0.333. The van der Waals surface area contributed by atoms with E-state index in [4.69, 9.17) is 0 Å². The summed E-state index contributed by atoms with van der Waals surface area (Å²) in [4.78, 5) is 30.0. The molecule has 2 aromatic rings. The summed E-state index contributed by atoms with van der Waals surface area (Å²) in [5, 5.41) is 10.7. The van der Waals surface area contributed by atoms with E-state index in [9.17, 15) is 14.7 Å². The van der Waals surface area contributed by atoms with Crippen LogP contribution in [0.1, 0.15) is 43.5 Å². The summed E-state index contributed by atoms with van der Waals surface area (Å²) >= 11 is 0. The number of rotatable bonds is 10. The monoisotopic (exact) mass is 432 g/mol. The van der Waals surface area contributed by atoms with Crippen LogP contribution in [0, 0.1) is 0 Å². The lowest BCUT2D eigenvalue weighted by molar-refractivity contribution is -0.129. The molecular formula is C27H32N2O3. The molecule has 5 heteroatoms. The number of ketones is 1. The van der Waals surface area contributed by atoms with Crippen molar-refractivity contribution in [3.63, 3.8) is 0 Å². The van der Waals surface area contributed by atoms with Crippen molar-refractivity contribution in [1.29, 1.82) is 0 Å². The summed E-state index contributed by atoms with van der Waals surface area (Å²) in [7, 11) is 0. The first-order valence-electron chi connectivity index (χ1n) is 11.3. The van der Waals surface area contributed by atoms with Crippen molar-refractivity contribution in [2.75, 3.05) is 26.2 Å². The molecular weight excluding hydrogens is 400 g/mol. The highest BCUT2D eigenvalue weighted by Gasteiger charge is 2.42. The number of carbonyl (C=O) groups excluding carboxylic acids is 2. The lowest BCUT2D eigenvalue weighted by Gasteiger charge is -2.29. The van der Waals surface area contributed by atoms with Gasteiger partial charge in [-0.25, -0.2) is 0 Å². The summed E-state index contributed by atoms with van der Waals surface area (Å²) in [6, 6.07) is 16.8. The molecule has 0 aromatic heterocycles. The minimum atomic E-state index is -0.600. The van der Waals surface area contributed by atoms with Crippen LogP contribution in [0.2, 0.25) is 0 Å². The molecule has 1 unspecified atom stereocenters. The maximum atomic E-state index is 13.2.